The van der Waals surface area contributed by atoms with Crippen LogP contribution >= 0.6 is 22.9 Å². The zero-order valence-corrected chi connectivity index (χ0v) is 17.2. The molecule has 4 rings (SSSR count). The van der Waals surface area contributed by atoms with Gasteiger partial charge in [0.25, 0.3) is 0 Å². The quantitative estimate of drug-likeness (QED) is 0.671. The molecule has 8 heteroatoms. The van der Waals surface area contributed by atoms with Crippen molar-refractivity contribution in [2.75, 3.05) is 0 Å². The number of thiazole rings is 1. The molecule has 2 N–H and O–H groups in total. The molecule has 3 heterocycles. The highest BCUT2D eigenvalue weighted by Crippen LogP contribution is 2.32. The third-order valence-corrected chi connectivity index (χ3v) is 6.19. The molecule has 1 aromatic carbocycles. The molecule has 2 aromatic heterocycles. The molecule has 1 aliphatic heterocycles. The van der Waals surface area contributed by atoms with Gasteiger partial charge < -0.3 is 15.2 Å². The van der Waals surface area contributed by atoms with E-state index in [9.17, 15) is 9.59 Å². The van der Waals surface area contributed by atoms with Crippen LogP contribution in [0.2, 0.25) is 5.02 Å². The predicted octanol–water partition coefficient (Wildman–Crippen LogP) is 3.10. The van der Waals surface area contributed by atoms with Crippen molar-refractivity contribution >= 4 is 45.7 Å². The number of hydrogen-bond acceptors (Lipinski definition) is 4. The summed E-state index contributed by atoms with van der Waals surface area (Å²) >= 11 is 7.68. The summed E-state index contributed by atoms with van der Waals surface area (Å²) in [7, 11) is 0. The van der Waals surface area contributed by atoms with Gasteiger partial charge in [-0.05, 0) is 30.7 Å². The van der Waals surface area contributed by atoms with Crippen LogP contribution in [0.1, 0.15) is 31.0 Å². The zero-order chi connectivity index (χ0) is 19.8. The van der Waals surface area contributed by atoms with Gasteiger partial charge in [0, 0.05) is 46.4 Å². The van der Waals surface area contributed by atoms with Gasteiger partial charge in [-0.3, -0.25) is 9.59 Å². The molecule has 0 radical (unpaired) electrons. The number of amides is 2. The first-order valence-corrected chi connectivity index (χ1v) is 10.6. The fourth-order valence-electron chi connectivity index (χ4n) is 3.79. The van der Waals surface area contributed by atoms with Crippen LogP contribution in [0.15, 0.2) is 35.3 Å². The van der Waals surface area contributed by atoms with Crippen LogP contribution in [-0.4, -0.2) is 33.4 Å². The molecule has 3 aromatic rings. The topological polar surface area (TPSA) is 76.0 Å². The average Bonchev–Trinajstić information content (AvgIpc) is 3.31. The molecule has 3 atom stereocenters. The second kappa shape index (κ2) is 7.56. The van der Waals surface area contributed by atoms with E-state index < -0.39 is 12.1 Å². The highest BCUT2D eigenvalue weighted by molar-refractivity contribution is 7.07. The molecule has 0 bridgehead atoms. The fraction of sp³-hybridized carbons (Fsp3) is 0.350. The summed E-state index contributed by atoms with van der Waals surface area (Å²) in [5.74, 6) is -0.550. The van der Waals surface area contributed by atoms with E-state index in [2.05, 4.69) is 27.1 Å². The van der Waals surface area contributed by atoms with E-state index in [1.165, 1.54) is 11.3 Å². The maximum Gasteiger partial charge on any atom is 0.243 e. The van der Waals surface area contributed by atoms with Gasteiger partial charge in [-0.2, -0.15) is 0 Å². The molecule has 146 valence electrons. The van der Waals surface area contributed by atoms with Crippen LogP contribution in [0.25, 0.3) is 10.9 Å². The minimum absolute atomic E-state index is 0.174. The maximum atomic E-state index is 12.8. The predicted molar refractivity (Wildman–Crippen MR) is 111 cm³/mol. The van der Waals surface area contributed by atoms with Crippen LogP contribution in [0.4, 0.5) is 0 Å². The summed E-state index contributed by atoms with van der Waals surface area (Å²) in [4.78, 5) is 29.6. The number of piperazine rings is 1. The summed E-state index contributed by atoms with van der Waals surface area (Å²) in [6.45, 7) is 4.84. The van der Waals surface area contributed by atoms with Gasteiger partial charge in [0.15, 0.2) is 0 Å². The van der Waals surface area contributed by atoms with Crippen molar-refractivity contribution in [1.82, 2.24) is 20.2 Å². The molecule has 1 fully saturated rings. The van der Waals surface area contributed by atoms with Crippen molar-refractivity contribution in [3.8, 4) is 0 Å². The van der Waals surface area contributed by atoms with E-state index in [-0.39, 0.29) is 17.7 Å². The number of nitrogens with one attached hydrogen (secondary N) is 2. The first-order valence-electron chi connectivity index (χ1n) is 9.24. The Hall–Kier alpha value is -2.38. The first-order chi connectivity index (χ1) is 13.5. The Kier molecular flexibility index (Phi) is 5.12. The van der Waals surface area contributed by atoms with Crippen LogP contribution in [0.5, 0.6) is 0 Å². The number of fused-ring (bicyclic) bond motifs is 1. The van der Waals surface area contributed by atoms with Gasteiger partial charge in [0.2, 0.25) is 11.8 Å². The molecule has 28 heavy (non-hydrogen) atoms. The number of aryl methyl sites for hydroxylation is 1. The summed E-state index contributed by atoms with van der Waals surface area (Å²) in [6.07, 6.45) is 2.44. The summed E-state index contributed by atoms with van der Waals surface area (Å²) in [5.41, 5.74) is 4.59. The van der Waals surface area contributed by atoms with E-state index in [1.54, 1.807) is 5.51 Å². The zero-order valence-electron chi connectivity index (χ0n) is 15.6. The first kappa shape index (κ1) is 19.0. The van der Waals surface area contributed by atoms with Crippen LogP contribution in [-0.2, 0) is 22.6 Å². The summed E-state index contributed by atoms with van der Waals surface area (Å²) in [6, 6.07) is 4.55. The lowest BCUT2D eigenvalue weighted by molar-refractivity contribution is -0.137. The minimum atomic E-state index is -0.630. The van der Waals surface area contributed by atoms with E-state index in [0.717, 1.165) is 28.7 Å². The Morgan fingerprint density at radius 2 is 2.11 bits per heavy atom. The van der Waals surface area contributed by atoms with Crippen molar-refractivity contribution < 1.29 is 9.59 Å². The lowest BCUT2D eigenvalue weighted by Crippen LogP contribution is -2.63. The fourth-order valence-corrected chi connectivity index (χ4v) is 4.53. The molecule has 0 saturated carbocycles. The lowest BCUT2D eigenvalue weighted by Gasteiger charge is -2.32. The molecule has 1 aliphatic rings. The number of carbonyl (C=O) groups excluding carboxylic acids is 2. The van der Waals surface area contributed by atoms with Gasteiger partial charge in [-0.1, -0.05) is 18.5 Å². The van der Waals surface area contributed by atoms with Gasteiger partial charge in [0.1, 0.15) is 12.1 Å². The van der Waals surface area contributed by atoms with Crippen molar-refractivity contribution in [2.45, 2.75) is 44.8 Å². The number of halogens is 1. The molecule has 0 aliphatic carbocycles. The Bertz CT molecular complexity index is 1030. The maximum absolute atomic E-state index is 12.8. The number of nitrogens with zero attached hydrogens (tertiary/aromatic N) is 2. The number of benzene rings is 1. The van der Waals surface area contributed by atoms with Crippen molar-refractivity contribution in [3.05, 3.63) is 51.6 Å². The Morgan fingerprint density at radius 3 is 2.82 bits per heavy atom. The number of rotatable bonds is 5. The van der Waals surface area contributed by atoms with Crippen molar-refractivity contribution in [2.24, 2.45) is 0 Å². The largest absolute Gasteiger partial charge is 0.347 e. The molecule has 0 unspecified atom stereocenters. The number of hydrogen-bond donors (Lipinski definition) is 2. The molecular weight excluding hydrogens is 396 g/mol. The van der Waals surface area contributed by atoms with Gasteiger partial charge >= 0.3 is 0 Å². The molecule has 0 spiro atoms. The summed E-state index contributed by atoms with van der Waals surface area (Å²) in [5, 5.41) is 9.32. The molecular formula is C20H21ClN4O2S. The third-order valence-electron chi connectivity index (χ3n) is 5.32. The Balaban J connectivity index is 1.60. The summed E-state index contributed by atoms with van der Waals surface area (Å²) < 4.78 is 2.13. The van der Waals surface area contributed by atoms with E-state index in [1.807, 2.05) is 36.7 Å². The number of carbonyl (C=O) groups is 2. The van der Waals surface area contributed by atoms with Crippen molar-refractivity contribution in [3.63, 3.8) is 0 Å². The normalized spacial score (nSPS) is 20.8. The van der Waals surface area contributed by atoms with Gasteiger partial charge in [0.05, 0.1) is 11.2 Å². The van der Waals surface area contributed by atoms with E-state index >= 15 is 0 Å². The third kappa shape index (κ3) is 3.40. The van der Waals surface area contributed by atoms with Crippen LogP contribution in [0, 0.1) is 0 Å². The smallest absolute Gasteiger partial charge is 0.243 e. The standard InChI is InChI=1S/C20H21ClN4O2S/c1-3-25-8-15(14-6-12(21)4-5-17(14)25)11(2)18-20(27)23-16(19(26)24-18)7-13-9-28-10-22-13/h4-6,8-11,16,18H,3,7H2,1-2H3,(H,23,27)(H,24,26)/t11-,16+,18-/m1/s1. The Labute approximate surface area is 171 Å². The van der Waals surface area contributed by atoms with Crippen LogP contribution < -0.4 is 10.6 Å². The monoisotopic (exact) mass is 416 g/mol. The van der Waals surface area contributed by atoms with E-state index in [4.69, 9.17) is 11.6 Å². The molecule has 1 saturated heterocycles. The minimum Gasteiger partial charge on any atom is -0.347 e. The highest BCUT2D eigenvalue weighted by atomic mass is 35.5. The average molecular weight is 417 g/mol. The van der Waals surface area contributed by atoms with Crippen molar-refractivity contribution in [1.29, 1.82) is 0 Å². The van der Waals surface area contributed by atoms with Gasteiger partial charge in [-0.15, -0.1) is 11.3 Å². The lowest BCUT2D eigenvalue weighted by atomic mass is 9.90. The van der Waals surface area contributed by atoms with Crippen LogP contribution in [0.3, 0.4) is 0 Å². The van der Waals surface area contributed by atoms with Gasteiger partial charge in [-0.25, -0.2) is 4.98 Å². The second-order valence-electron chi connectivity index (χ2n) is 7.05. The SMILES string of the molecule is CCn1cc([C@@H](C)[C@H]2NC(=O)[C@H](Cc3cscn3)NC2=O)c2cc(Cl)ccc21. The Morgan fingerprint density at radius 1 is 1.29 bits per heavy atom. The molecule has 2 amide bonds. The second-order valence-corrected chi connectivity index (χ2v) is 8.21. The number of aromatic nitrogens is 2. The van der Waals surface area contributed by atoms with E-state index in [0.29, 0.717) is 11.4 Å². The highest BCUT2D eigenvalue weighted by Gasteiger charge is 2.38. The molecule has 6 nitrogen and oxygen atoms in total.